The second-order valence-electron chi connectivity index (χ2n) is 5.36. The Morgan fingerprint density at radius 3 is 2.24 bits per heavy atom. The highest BCUT2D eigenvalue weighted by molar-refractivity contribution is 7.89. The van der Waals surface area contributed by atoms with Crippen LogP contribution in [0.4, 0.5) is 11.4 Å². The molecule has 0 fully saturated rings. The van der Waals surface area contributed by atoms with Crippen molar-refractivity contribution >= 4 is 50.5 Å². The maximum absolute atomic E-state index is 12.1. The van der Waals surface area contributed by atoms with Crippen LogP contribution in [0.25, 0.3) is 0 Å². The first kappa shape index (κ1) is 19.5. The summed E-state index contributed by atoms with van der Waals surface area (Å²) in [5, 5.41) is 3.04. The summed E-state index contributed by atoms with van der Waals surface area (Å²) in [4.78, 5) is 12.1. The first-order valence-electron chi connectivity index (χ1n) is 7.30. The van der Waals surface area contributed by atoms with Gasteiger partial charge in [-0.25, -0.2) is 13.1 Å². The molecule has 0 unspecified atom stereocenters. The smallest absolute Gasteiger partial charge is 0.240 e. The van der Waals surface area contributed by atoms with Crippen LogP contribution in [0.1, 0.15) is 12.0 Å². The van der Waals surface area contributed by atoms with Crippen molar-refractivity contribution < 1.29 is 13.2 Å². The minimum absolute atomic E-state index is 0.0432. The van der Waals surface area contributed by atoms with Crippen LogP contribution in [0.2, 0.25) is 10.0 Å². The molecule has 134 valence electrons. The van der Waals surface area contributed by atoms with Crippen molar-refractivity contribution in [3.63, 3.8) is 0 Å². The molecule has 0 radical (unpaired) electrons. The van der Waals surface area contributed by atoms with Crippen LogP contribution in [0, 0.1) is 6.92 Å². The SMILES string of the molecule is Cc1ccc(S(=O)(=O)NCCC(=O)Nc2cc(Cl)c(N)c(Cl)c2)cc1. The molecule has 4 N–H and O–H groups in total. The predicted molar refractivity (Wildman–Crippen MR) is 100 cm³/mol. The molecule has 2 rings (SSSR count). The molecule has 0 bridgehead atoms. The largest absolute Gasteiger partial charge is 0.396 e. The number of carbonyl (C=O) groups is 1. The number of aryl methyl sites for hydroxylation is 1. The van der Waals surface area contributed by atoms with Crippen molar-refractivity contribution in [2.75, 3.05) is 17.6 Å². The van der Waals surface area contributed by atoms with E-state index in [9.17, 15) is 13.2 Å². The number of benzene rings is 2. The van der Waals surface area contributed by atoms with Crippen LogP contribution in [0.3, 0.4) is 0 Å². The van der Waals surface area contributed by atoms with Gasteiger partial charge in [0.1, 0.15) is 0 Å². The van der Waals surface area contributed by atoms with Gasteiger partial charge < -0.3 is 11.1 Å². The first-order valence-corrected chi connectivity index (χ1v) is 9.53. The van der Waals surface area contributed by atoms with Gasteiger partial charge in [0.05, 0.1) is 20.6 Å². The Hall–Kier alpha value is -1.80. The van der Waals surface area contributed by atoms with Crippen molar-refractivity contribution in [3.8, 4) is 0 Å². The molecular weight excluding hydrogens is 385 g/mol. The Labute approximate surface area is 156 Å². The quantitative estimate of drug-likeness (QED) is 0.646. The summed E-state index contributed by atoms with van der Waals surface area (Å²) in [6.07, 6.45) is -0.0509. The Morgan fingerprint density at radius 1 is 1.12 bits per heavy atom. The fourth-order valence-electron chi connectivity index (χ4n) is 1.98. The van der Waals surface area contributed by atoms with Gasteiger partial charge in [0.15, 0.2) is 0 Å². The number of hydrogen-bond donors (Lipinski definition) is 3. The van der Waals surface area contributed by atoms with Crippen molar-refractivity contribution in [1.82, 2.24) is 4.72 Å². The third-order valence-corrected chi connectivity index (χ3v) is 5.44. The van der Waals surface area contributed by atoms with E-state index in [0.29, 0.717) is 5.69 Å². The highest BCUT2D eigenvalue weighted by atomic mass is 35.5. The molecule has 0 aliphatic heterocycles. The zero-order chi connectivity index (χ0) is 18.6. The number of nitrogen functional groups attached to an aromatic ring is 1. The lowest BCUT2D eigenvalue weighted by molar-refractivity contribution is -0.116. The number of rotatable bonds is 6. The van der Waals surface area contributed by atoms with Crippen LogP contribution >= 0.6 is 23.2 Å². The fraction of sp³-hybridized carbons (Fsp3) is 0.188. The van der Waals surface area contributed by atoms with Crippen molar-refractivity contribution in [3.05, 3.63) is 52.0 Å². The van der Waals surface area contributed by atoms with Crippen LogP contribution < -0.4 is 15.8 Å². The Kier molecular flexibility index (Phi) is 6.29. The van der Waals surface area contributed by atoms with Crippen molar-refractivity contribution in [1.29, 1.82) is 0 Å². The second kappa shape index (κ2) is 8.05. The molecule has 2 aromatic carbocycles. The molecule has 0 aliphatic carbocycles. The number of nitrogens with one attached hydrogen (secondary N) is 2. The van der Waals surface area contributed by atoms with Crippen LogP contribution in [0.15, 0.2) is 41.3 Å². The average Bonchev–Trinajstić information content (AvgIpc) is 2.52. The molecule has 0 aromatic heterocycles. The van der Waals surface area contributed by atoms with E-state index in [1.165, 1.54) is 24.3 Å². The summed E-state index contributed by atoms with van der Waals surface area (Å²) in [5.74, 6) is -0.386. The molecule has 2 aromatic rings. The zero-order valence-corrected chi connectivity index (χ0v) is 15.7. The van der Waals surface area contributed by atoms with E-state index in [0.717, 1.165) is 5.56 Å². The summed E-state index contributed by atoms with van der Waals surface area (Å²) in [7, 11) is -3.65. The maximum atomic E-state index is 12.1. The lowest BCUT2D eigenvalue weighted by atomic mass is 10.2. The normalized spacial score (nSPS) is 11.3. The second-order valence-corrected chi connectivity index (χ2v) is 7.94. The van der Waals surface area contributed by atoms with Gasteiger partial charge in [0, 0.05) is 18.7 Å². The lowest BCUT2D eigenvalue weighted by Gasteiger charge is -2.09. The van der Waals surface area contributed by atoms with Gasteiger partial charge in [0.25, 0.3) is 0 Å². The van der Waals surface area contributed by atoms with Gasteiger partial charge in [-0.1, -0.05) is 40.9 Å². The van der Waals surface area contributed by atoms with Gasteiger partial charge in [-0.05, 0) is 31.2 Å². The summed E-state index contributed by atoms with van der Waals surface area (Å²) >= 11 is 11.8. The van der Waals surface area contributed by atoms with Gasteiger partial charge in [0.2, 0.25) is 15.9 Å². The van der Waals surface area contributed by atoms with Gasteiger partial charge in [-0.3, -0.25) is 4.79 Å². The molecule has 25 heavy (non-hydrogen) atoms. The van der Waals surface area contributed by atoms with Gasteiger partial charge >= 0.3 is 0 Å². The predicted octanol–water partition coefficient (Wildman–Crippen LogP) is 3.19. The third kappa shape index (κ3) is 5.34. The molecule has 0 aliphatic rings. The molecule has 0 spiro atoms. The molecule has 0 heterocycles. The van der Waals surface area contributed by atoms with Crippen LogP contribution in [-0.2, 0) is 14.8 Å². The number of hydrogen-bond acceptors (Lipinski definition) is 4. The Bertz CT molecular complexity index is 861. The topological polar surface area (TPSA) is 101 Å². The Balaban J connectivity index is 1.91. The van der Waals surface area contributed by atoms with E-state index in [2.05, 4.69) is 10.0 Å². The van der Waals surface area contributed by atoms with E-state index in [1.807, 2.05) is 6.92 Å². The molecule has 0 atom stereocenters. The molecule has 0 saturated carbocycles. The first-order chi connectivity index (χ1) is 11.7. The van der Waals surface area contributed by atoms with Crippen LogP contribution in [-0.4, -0.2) is 20.9 Å². The highest BCUT2D eigenvalue weighted by Gasteiger charge is 2.14. The van der Waals surface area contributed by atoms with Gasteiger partial charge in [-0.15, -0.1) is 0 Å². The molecule has 6 nitrogen and oxygen atoms in total. The van der Waals surface area contributed by atoms with E-state index in [1.54, 1.807) is 12.1 Å². The molecule has 0 saturated heterocycles. The summed E-state index contributed by atoms with van der Waals surface area (Å²) in [6, 6.07) is 9.37. The molecule has 1 amide bonds. The zero-order valence-electron chi connectivity index (χ0n) is 13.3. The minimum Gasteiger partial charge on any atom is -0.396 e. The summed E-state index contributed by atoms with van der Waals surface area (Å²) < 4.78 is 26.6. The highest BCUT2D eigenvalue weighted by Crippen LogP contribution is 2.31. The number of anilines is 2. The maximum Gasteiger partial charge on any atom is 0.240 e. The average molecular weight is 402 g/mol. The summed E-state index contributed by atoms with van der Waals surface area (Å²) in [5.41, 5.74) is 7.19. The van der Waals surface area contributed by atoms with E-state index in [-0.39, 0.29) is 39.5 Å². The van der Waals surface area contributed by atoms with Crippen molar-refractivity contribution in [2.24, 2.45) is 0 Å². The minimum atomic E-state index is -3.65. The van der Waals surface area contributed by atoms with E-state index >= 15 is 0 Å². The van der Waals surface area contributed by atoms with Gasteiger partial charge in [-0.2, -0.15) is 0 Å². The number of nitrogens with two attached hydrogens (primary N) is 1. The summed E-state index contributed by atoms with van der Waals surface area (Å²) in [6.45, 7) is 1.82. The number of halogens is 2. The number of carbonyl (C=O) groups excluding carboxylic acids is 1. The number of sulfonamides is 1. The monoisotopic (exact) mass is 401 g/mol. The lowest BCUT2D eigenvalue weighted by Crippen LogP contribution is -2.27. The molecular formula is C16H17Cl2N3O3S. The van der Waals surface area contributed by atoms with E-state index < -0.39 is 10.0 Å². The molecule has 9 heteroatoms. The Morgan fingerprint density at radius 2 is 1.68 bits per heavy atom. The standard InChI is InChI=1S/C16H17Cl2N3O3S/c1-10-2-4-12(5-3-10)25(23,24)20-7-6-15(22)21-11-8-13(17)16(19)14(18)9-11/h2-5,8-9,20H,6-7,19H2,1H3,(H,21,22). The third-order valence-electron chi connectivity index (χ3n) is 3.34. The number of amides is 1. The van der Waals surface area contributed by atoms with E-state index in [4.69, 9.17) is 28.9 Å². The van der Waals surface area contributed by atoms with Crippen LogP contribution in [0.5, 0.6) is 0 Å². The fourth-order valence-corrected chi connectivity index (χ4v) is 3.50. The van der Waals surface area contributed by atoms with Crippen molar-refractivity contribution in [2.45, 2.75) is 18.2 Å².